The number of aldehydes is 1. The monoisotopic (exact) mass is 206 g/mol. The Kier molecular flexibility index (Phi) is 3.17. The molecule has 0 fully saturated rings. The minimum Gasteiger partial charge on any atom is -0.872 e. The van der Waals surface area contributed by atoms with Crippen LogP contribution in [0.3, 0.4) is 0 Å². The number of nitro groups is 1. The fourth-order valence-electron chi connectivity index (χ4n) is 1.04. The number of non-ortho nitro benzene ring substituents is 1. The Hall–Kier alpha value is -2.17. The first kappa shape index (κ1) is 10.9. The minimum atomic E-state index is -0.590. The van der Waals surface area contributed by atoms with E-state index in [-0.39, 0.29) is 17.0 Å². The van der Waals surface area contributed by atoms with Crippen molar-refractivity contribution < 1.29 is 14.8 Å². The predicted molar refractivity (Wildman–Crippen MR) is 52.3 cm³/mol. The molecule has 0 unspecified atom stereocenters. The zero-order chi connectivity index (χ0) is 11.4. The fourth-order valence-corrected chi connectivity index (χ4v) is 1.04. The van der Waals surface area contributed by atoms with E-state index in [0.717, 1.165) is 18.2 Å². The van der Waals surface area contributed by atoms with E-state index in [2.05, 4.69) is 0 Å². The second kappa shape index (κ2) is 4.36. The molecule has 0 amide bonds. The van der Waals surface area contributed by atoms with Gasteiger partial charge in [-0.3, -0.25) is 14.9 Å². The highest BCUT2D eigenvalue weighted by Gasteiger charge is 2.05. The molecule has 0 radical (unpaired) electrons. The quantitative estimate of drug-likeness (QED) is 0.322. The molecular weight excluding hydrogens is 198 g/mol. The molecule has 0 aliphatic heterocycles. The number of nitrogens with zero attached hydrogens (tertiary/aromatic N) is 1. The molecule has 0 bridgehead atoms. The van der Waals surface area contributed by atoms with Crippen molar-refractivity contribution in [1.82, 2.24) is 0 Å². The summed E-state index contributed by atoms with van der Waals surface area (Å²) in [6.45, 7) is 1.52. The van der Waals surface area contributed by atoms with Gasteiger partial charge in [0.2, 0.25) is 0 Å². The first-order valence-electron chi connectivity index (χ1n) is 4.13. The lowest BCUT2D eigenvalue weighted by Crippen LogP contribution is -1.96. The van der Waals surface area contributed by atoms with E-state index in [1.54, 1.807) is 0 Å². The largest absolute Gasteiger partial charge is 0.872 e. The van der Waals surface area contributed by atoms with Gasteiger partial charge in [-0.15, -0.1) is 5.75 Å². The molecule has 1 rings (SSSR count). The van der Waals surface area contributed by atoms with Crippen LogP contribution in [0.1, 0.15) is 12.5 Å². The number of carbonyl (C=O) groups excluding carboxylic acids is 1. The highest BCUT2D eigenvalue weighted by molar-refractivity contribution is 5.82. The first-order chi connectivity index (χ1) is 7.04. The summed E-state index contributed by atoms with van der Waals surface area (Å²) < 4.78 is 0. The standard InChI is InChI=1S/C10H9NO4/c1-7(6-12)4-8-5-9(11(14)15)2-3-10(8)13/h2-6,13H,1H3/p-1/b7-4+. The van der Waals surface area contributed by atoms with Crippen LogP contribution in [-0.2, 0) is 4.79 Å². The van der Waals surface area contributed by atoms with Gasteiger partial charge in [0.1, 0.15) is 6.29 Å². The molecule has 0 aromatic heterocycles. The van der Waals surface area contributed by atoms with Crippen molar-refractivity contribution >= 4 is 18.0 Å². The Balaban J connectivity index is 3.22. The van der Waals surface area contributed by atoms with Crippen molar-refractivity contribution in [2.45, 2.75) is 6.92 Å². The van der Waals surface area contributed by atoms with Gasteiger partial charge in [-0.05, 0) is 24.1 Å². The highest BCUT2D eigenvalue weighted by Crippen LogP contribution is 2.22. The summed E-state index contributed by atoms with van der Waals surface area (Å²) in [5.74, 6) is -0.346. The van der Waals surface area contributed by atoms with Gasteiger partial charge in [-0.2, -0.15) is 0 Å². The summed E-state index contributed by atoms with van der Waals surface area (Å²) in [6.07, 6.45) is 1.90. The van der Waals surface area contributed by atoms with Gasteiger partial charge in [0.05, 0.1) is 4.92 Å². The van der Waals surface area contributed by atoms with Crippen LogP contribution in [0.25, 0.3) is 6.08 Å². The lowest BCUT2D eigenvalue weighted by atomic mass is 10.1. The highest BCUT2D eigenvalue weighted by atomic mass is 16.6. The van der Waals surface area contributed by atoms with Crippen molar-refractivity contribution in [1.29, 1.82) is 0 Å². The molecule has 1 aromatic carbocycles. The molecule has 5 heteroatoms. The van der Waals surface area contributed by atoms with Crippen molar-refractivity contribution in [2.75, 3.05) is 0 Å². The number of carbonyl (C=O) groups is 1. The minimum absolute atomic E-state index is 0.147. The van der Waals surface area contributed by atoms with Gasteiger partial charge in [0, 0.05) is 12.1 Å². The van der Waals surface area contributed by atoms with E-state index in [1.165, 1.54) is 13.0 Å². The Morgan fingerprint density at radius 3 is 2.67 bits per heavy atom. The van der Waals surface area contributed by atoms with E-state index in [1.807, 2.05) is 0 Å². The van der Waals surface area contributed by atoms with Crippen LogP contribution in [0.5, 0.6) is 5.75 Å². The van der Waals surface area contributed by atoms with Crippen LogP contribution < -0.4 is 5.11 Å². The summed E-state index contributed by atoms with van der Waals surface area (Å²) in [5, 5.41) is 21.7. The van der Waals surface area contributed by atoms with Crippen molar-refractivity contribution in [3.05, 3.63) is 39.4 Å². The molecular formula is C10H8NO4-. The Morgan fingerprint density at radius 2 is 2.13 bits per heavy atom. The van der Waals surface area contributed by atoms with Crippen LogP contribution in [0.2, 0.25) is 0 Å². The molecule has 15 heavy (non-hydrogen) atoms. The maximum Gasteiger partial charge on any atom is 0.269 e. The molecule has 0 saturated carbocycles. The number of nitro benzene ring substituents is 1. The van der Waals surface area contributed by atoms with Crippen LogP contribution in [0, 0.1) is 10.1 Å². The lowest BCUT2D eigenvalue weighted by Gasteiger charge is -2.09. The molecule has 0 N–H and O–H groups in total. The lowest BCUT2D eigenvalue weighted by molar-refractivity contribution is -0.385. The first-order valence-corrected chi connectivity index (χ1v) is 4.13. The van der Waals surface area contributed by atoms with Gasteiger partial charge >= 0.3 is 0 Å². The van der Waals surface area contributed by atoms with Gasteiger partial charge in [-0.1, -0.05) is 6.07 Å². The van der Waals surface area contributed by atoms with Crippen LogP contribution in [0.4, 0.5) is 5.69 Å². The molecule has 0 aliphatic carbocycles. The zero-order valence-electron chi connectivity index (χ0n) is 7.97. The molecule has 1 aromatic rings. The van der Waals surface area contributed by atoms with E-state index >= 15 is 0 Å². The summed E-state index contributed by atoms with van der Waals surface area (Å²) in [5.41, 5.74) is 0.320. The van der Waals surface area contributed by atoms with Crippen molar-refractivity contribution in [3.8, 4) is 5.75 Å². The van der Waals surface area contributed by atoms with Gasteiger partial charge in [0.15, 0.2) is 0 Å². The van der Waals surface area contributed by atoms with Crippen LogP contribution in [0.15, 0.2) is 23.8 Å². The maximum atomic E-state index is 11.3. The Morgan fingerprint density at radius 1 is 1.47 bits per heavy atom. The fraction of sp³-hybridized carbons (Fsp3) is 0.100. The topological polar surface area (TPSA) is 83.3 Å². The summed E-state index contributed by atoms with van der Waals surface area (Å²) in [6, 6.07) is 3.40. The average molecular weight is 206 g/mol. The SMILES string of the molecule is C/C(C=O)=C\c1cc([N+](=O)[O-])ccc1[O-]. The Labute approximate surface area is 85.8 Å². The van der Waals surface area contributed by atoms with E-state index in [9.17, 15) is 20.0 Å². The molecule has 0 spiro atoms. The molecule has 0 heterocycles. The van der Waals surface area contributed by atoms with Crippen LogP contribution in [-0.4, -0.2) is 11.2 Å². The second-order valence-corrected chi connectivity index (χ2v) is 2.99. The molecule has 78 valence electrons. The predicted octanol–water partition coefficient (Wildman–Crippen LogP) is 1.27. The summed E-state index contributed by atoms with van der Waals surface area (Å²) >= 11 is 0. The second-order valence-electron chi connectivity index (χ2n) is 2.99. The number of benzene rings is 1. The van der Waals surface area contributed by atoms with Crippen LogP contribution >= 0.6 is 0 Å². The third-order valence-electron chi connectivity index (χ3n) is 1.77. The van der Waals surface area contributed by atoms with Gasteiger partial charge < -0.3 is 5.11 Å². The number of allylic oxidation sites excluding steroid dienone is 1. The number of rotatable bonds is 3. The van der Waals surface area contributed by atoms with E-state index in [0.29, 0.717) is 11.9 Å². The zero-order valence-corrected chi connectivity index (χ0v) is 7.97. The van der Waals surface area contributed by atoms with Crippen molar-refractivity contribution in [3.63, 3.8) is 0 Å². The smallest absolute Gasteiger partial charge is 0.269 e. The maximum absolute atomic E-state index is 11.3. The third-order valence-corrected chi connectivity index (χ3v) is 1.77. The Bertz CT molecular complexity index is 437. The molecule has 0 atom stereocenters. The average Bonchev–Trinajstić information content (AvgIpc) is 2.20. The van der Waals surface area contributed by atoms with Crippen molar-refractivity contribution in [2.24, 2.45) is 0 Å². The third kappa shape index (κ3) is 2.63. The number of hydrogen-bond donors (Lipinski definition) is 0. The summed E-state index contributed by atoms with van der Waals surface area (Å²) in [7, 11) is 0. The van der Waals surface area contributed by atoms with Gasteiger partial charge in [0.25, 0.3) is 5.69 Å². The molecule has 0 aliphatic rings. The van der Waals surface area contributed by atoms with E-state index < -0.39 is 4.92 Å². The summed E-state index contributed by atoms with van der Waals surface area (Å²) in [4.78, 5) is 20.2. The number of hydrogen-bond acceptors (Lipinski definition) is 4. The molecule has 0 saturated heterocycles. The molecule has 5 nitrogen and oxygen atoms in total. The normalized spacial score (nSPS) is 11.1. The van der Waals surface area contributed by atoms with Gasteiger partial charge in [-0.25, -0.2) is 0 Å². The van der Waals surface area contributed by atoms with E-state index in [4.69, 9.17) is 0 Å².